The second-order valence-corrected chi connectivity index (χ2v) is 13.2. The first-order valence-electron chi connectivity index (χ1n) is 13.3. The van der Waals surface area contributed by atoms with Gasteiger partial charge in [-0.05, 0) is 47.6 Å². The monoisotopic (exact) mass is 619 g/mol. The average Bonchev–Trinajstić information content (AvgIpc) is 3.32. The van der Waals surface area contributed by atoms with Crippen molar-refractivity contribution in [2.75, 3.05) is 38.4 Å². The minimum absolute atomic E-state index is 0.00723. The number of likely N-dealkylation sites (N-methyl/N-ethyl adjacent to an activating group) is 1. The highest BCUT2D eigenvalue weighted by atomic mass is 32.2. The lowest BCUT2D eigenvalue weighted by molar-refractivity contribution is -0.141. The number of hydrogen-bond acceptors (Lipinski definition) is 12. The summed E-state index contributed by atoms with van der Waals surface area (Å²) >= 11 is 3.18. The molecule has 1 aromatic rings. The Bertz CT molecular complexity index is 1360. The lowest BCUT2D eigenvalue weighted by Gasteiger charge is -2.50. The molecule has 0 saturated carbocycles. The van der Waals surface area contributed by atoms with E-state index in [4.69, 9.17) is 18.9 Å². The van der Waals surface area contributed by atoms with Gasteiger partial charge in [0.1, 0.15) is 18.8 Å². The summed E-state index contributed by atoms with van der Waals surface area (Å²) < 4.78 is 20.2. The predicted octanol–water partition coefficient (Wildman–Crippen LogP) is 5.27. The summed E-state index contributed by atoms with van der Waals surface area (Å²) in [6.07, 6.45) is 0. The van der Waals surface area contributed by atoms with Crippen LogP contribution in [0.15, 0.2) is 49.5 Å². The molecule has 0 unspecified atom stereocenters. The Morgan fingerprint density at radius 2 is 1.20 bits per heavy atom. The van der Waals surface area contributed by atoms with Crippen LogP contribution >= 0.6 is 35.3 Å². The normalized spacial score (nSPS) is 18.7. The highest BCUT2D eigenvalue weighted by molar-refractivity contribution is 8.26. The fourth-order valence-electron chi connectivity index (χ4n) is 4.83. The predicted molar refractivity (Wildman–Crippen MR) is 162 cm³/mol. The molecule has 3 aliphatic rings. The molecule has 220 valence electrons. The molecular weight excluding hydrogens is 587 g/mol. The van der Waals surface area contributed by atoms with Crippen LogP contribution in [0.1, 0.15) is 47.1 Å². The van der Waals surface area contributed by atoms with Gasteiger partial charge < -0.3 is 23.8 Å². The van der Waals surface area contributed by atoms with Crippen LogP contribution in [0.4, 0.5) is 5.69 Å². The maximum Gasteiger partial charge on any atom is 0.346 e. The molecule has 9 nitrogen and oxygen atoms in total. The third kappa shape index (κ3) is 5.18. The number of ether oxygens (including phenoxy) is 4. The molecule has 0 aliphatic carbocycles. The van der Waals surface area contributed by atoms with Crippen LogP contribution in [-0.2, 0) is 38.1 Å². The second kappa shape index (κ2) is 12.2. The van der Waals surface area contributed by atoms with Crippen molar-refractivity contribution in [3.05, 3.63) is 55.0 Å². The standard InChI is InChI=1S/C29H33NO8S3/c1-8-35-24(31)19-20(25(32)36-9-2)39-23-18(16-14-12-13-15-17(16)30(7)28(23,5)6)29(19)40-21(26(33)37-10-3)22(41-29)27(34)38-11-4/h12-15H,8-11H2,1-7H3. The number of carbonyl (C=O) groups is 4. The van der Waals surface area contributed by atoms with Crippen LogP contribution in [0.5, 0.6) is 0 Å². The van der Waals surface area contributed by atoms with E-state index >= 15 is 0 Å². The summed E-state index contributed by atoms with van der Waals surface area (Å²) in [5.41, 5.74) is 1.75. The summed E-state index contributed by atoms with van der Waals surface area (Å²) in [5, 5.41) is 0. The Kier molecular flexibility index (Phi) is 9.25. The quantitative estimate of drug-likeness (QED) is 0.279. The highest BCUT2D eigenvalue weighted by Crippen LogP contribution is 2.71. The van der Waals surface area contributed by atoms with Gasteiger partial charge >= 0.3 is 23.9 Å². The molecule has 0 saturated heterocycles. The first-order chi connectivity index (χ1) is 19.5. The van der Waals surface area contributed by atoms with Crippen LogP contribution in [0.25, 0.3) is 5.57 Å². The molecule has 1 spiro atoms. The van der Waals surface area contributed by atoms with Crippen molar-refractivity contribution in [1.82, 2.24) is 0 Å². The van der Waals surface area contributed by atoms with Crippen LogP contribution in [-0.4, -0.2) is 67.0 Å². The molecule has 12 heteroatoms. The molecule has 0 radical (unpaired) electrons. The molecule has 1 aromatic carbocycles. The van der Waals surface area contributed by atoms with Crippen molar-refractivity contribution in [3.63, 3.8) is 0 Å². The summed E-state index contributed by atoms with van der Waals surface area (Å²) in [6.45, 7) is 11.0. The molecule has 41 heavy (non-hydrogen) atoms. The summed E-state index contributed by atoms with van der Waals surface area (Å²) in [4.78, 5) is 57.0. The van der Waals surface area contributed by atoms with Gasteiger partial charge in [0, 0.05) is 28.8 Å². The SMILES string of the molecule is CCOC(=O)C1=C(C(=O)OCC)SC2(S1)C(C(=O)OCC)=C(C(=O)OCC)SC1=C2c2ccccc2N(C)C1(C)C. The van der Waals surface area contributed by atoms with Crippen molar-refractivity contribution >= 4 is 70.4 Å². The van der Waals surface area contributed by atoms with Gasteiger partial charge in [-0.25, -0.2) is 19.2 Å². The van der Waals surface area contributed by atoms with Gasteiger partial charge in [-0.3, -0.25) is 0 Å². The minimum Gasteiger partial charge on any atom is -0.463 e. The molecule has 0 N–H and O–H groups in total. The van der Waals surface area contributed by atoms with Crippen LogP contribution in [0.3, 0.4) is 0 Å². The van der Waals surface area contributed by atoms with Crippen molar-refractivity contribution in [3.8, 4) is 0 Å². The van der Waals surface area contributed by atoms with E-state index < -0.39 is 33.5 Å². The van der Waals surface area contributed by atoms with Crippen LogP contribution in [0.2, 0.25) is 0 Å². The fraction of sp³-hybridized carbons (Fsp3) is 0.448. The number of hydrogen-bond donors (Lipinski definition) is 0. The van der Waals surface area contributed by atoms with Crippen molar-refractivity contribution in [2.45, 2.75) is 51.2 Å². The summed E-state index contributed by atoms with van der Waals surface area (Å²) in [6, 6.07) is 7.72. The number of benzene rings is 1. The first kappa shape index (κ1) is 31.1. The van der Waals surface area contributed by atoms with Crippen LogP contribution < -0.4 is 4.90 Å². The molecule has 0 aromatic heterocycles. The average molecular weight is 620 g/mol. The van der Waals surface area contributed by atoms with Gasteiger partial charge in [0.05, 0.1) is 37.5 Å². The molecule has 4 rings (SSSR count). The number of carbonyl (C=O) groups excluding carboxylic acids is 4. The number of nitrogens with zero attached hydrogens (tertiary/aromatic N) is 1. The summed E-state index contributed by atoms with van der Waals surface area (Å²) in [5.74, 6) is -2.86. The lowest BCUT2D eigenvalue weighted by Crippen LogP contribution is -2.49. The van der Waals surface area contributed by atoms with Gasteiger partial charge in [-0.2, -0.15) is 0 Å². The van der Waals surface area contributed by atoms with Gasteiger partial charge in [-0.15, -0.1) is 0 Å². The van der Waals surface area contributed by atoms with E-state index in [2.05, 4.69) is 4.90 Å². The Labute approximate surface area is 252 Å². The fourth-order valence-corrected chi connectivity index (χ4v) is 9.85. The number of fused-ring (bicyclic) bond motifs is 3. The summed E-state index contributed by atoms with van der Waals surface area (Å²) in [7, 11) is 1.96. The van der Waals surface area contributed by atoms with Gasteiger partial charge in [0.15, 0.2) is 0 Å². The van der Waals surface area contributed by atoms with E-state index in [-0.39, 0.29) is 46.7 Å². The van der Waals surface area contributed by atoms with Gasteiger partial charge in [0.2, 0.25) is 0 Å². The molecule has 3 aliphatic heterocycles. The smallest absolute Gasteiger partial charge is 0.346 e. The van der Waals surface area contributed by atoms with Crippen molar-refractivity contribution in [1.29, 1.82) is 0 Å². The lowest BCUT2D eigenvalue weighted by atomic mass is 9.84. The Morgan fingerprint density at radius 3 is 1.71 bits per heavy atom. The van der Waals surface area contributed by atoms with Crippen molar-refractivity contribution in [2.24, 2.45) is 0 Å². The maximum absolute atomic E-state index is 13.9. The van der Waals surface area contributed by atoms with E-state index in [9.17, 15) is 19.2 Å². The number of para-hydroxylation sites is 1. The molecule has 3 heterocycles. The topological polar surface area (TPSA) is 108 Å². The molecule has 0 atom stereocenters. The Hall–Kier alpha value is -2.83. The number of anilines is 1. The number of rotatable bonds is 8. The van der Waals surface area contributed by atoms with E-state index in [0.29, 0.717) is 5.57 Å². The maximum atomic E-state index is 13.9. The van der Waals surface area contributed by atoms with Gasteiger partial charge in [0.25, 0.3) is 0 Å². The zero-order chi connectivity index (χ0) is 30.1. The largest absolute Gasteiger partial charge is 0.463 e. The molecule has 0 fully saturated rings. The molecule has 0 bridgehead atoms. The minimum atomic E-state index is -1.46. The molecule has 0 amide bonds. The zero-order valence-electron chi connectivity index (χ0n) is 24.1. The van der Waals surface area contributed by atoms with E-state index in [0.717, 1.165) is 39.7 Å². The van der Waals surface area contributed by atoms with Crippen molar-refractivity contribution < 1.29 is 38.1 Å². The van der Waals surface area contributed by atoms with E-state index in [1.165, 1.54) is 11.8 Å². The first-order valence-corrected chi connectivity index (χ1v) is 15.8. The van der Waals surface area contributed by atoms with Gasteiger partial charge in [-0.1, -0.05) is 53.5 Å². The Morgan fingerprint density at radius 1 is 0.732 bits per heavy atom. The van der Waals surface area contributed by atoms with E-state index in [1.807, 2.05) is 45.2 Å². The second-order valence-electron chi connectivity index (χ2n) is 9.51. The van der Waals surface area contributed by atoms with E-state index in [1.54, 1.807) is 27.7 Å². The Balaban J connectivity index is 2.11. The highest BCUT2D eigenvalue weighted by Gasteiger charge is 2.61. The number of esters is 4. The molecular formula is C29H33NO8S3. The third-order valence-corrected chi connectivity index (χ3v) is 11.5. The van der Waals surface area contributed by atoms with Crippen LogP contribution in [0, 0.1) is 0 Å². The zero-order valence-corrected chi connectivity index (χ0v) is 26.5. The third-order valence-electron chi connectivity index (χ3n) is 6.81. The number of thioether (sulfide) groups is 3.